The van der Waals surface area contributed by atoms with E-state index in [-0.39, 0.29) is 19.2 Å². The molecule has 14 heavy (non-hydrogen) atoms. The zero-order valence-electron chi connectivity index (χ0n) is 7.79. The first-order chi connectivity index (χ1) is 6.55. The molecule has 0 aromatic rings. The van der Waals surface area contributed by atoms with Gasteiger partial charge in [0.25, 0.3) is 0 Å². The van der Waals surface area contributed by atoms with Crippen molar-refractivity contribution in [1.29, 1.82) is 0 Å². The third-order valence-corrected chi connectivity index (χ3v) is 4.34. The first-order valence-corrected chi connectivity index (χ1v) is 7.03. The maximum atomic E-state index is 11.0. The van der Waals surface area contributed by atoms with E-state index in [0.29, 0.717) is 0 Å². The van der Waals surface area contributed by atoms with E-state index >= 15 is 0 Å². The van der Waals surface area contributed by atoms with Gasteiger partial charge in [-0.3, -0.25) is 4.55 Å². The Bertz CT molecular complexity index is 261. The summed E-state index contributed by atoms with van der Waals surface area (Å²) >= 11 is 1.78. The second-order valence-electron chi connectivity index (χ2n) is 3.16. The maximum Gasteiger partial charge on any atom is 0.336 e. The molecule has 1 saturated heterocycles. The number of thioether (sulfide) groups is 1. The van der Waals surface area contributed by atoms with Crippen LogP contribution < -0.4 is 0 Å². The van der Waals surface area contributed by atoms with E-state index < -0.39 is 10.3 Å². The van der Waals surface area contributed by atoms with Gasteiger partial charge in [0.2, 0.25) is 0 Å². The summed E-state index contributed by atoms with van der Waals surface area (Å²) in [5.41, 5.74) is 0. The Labute approximate surface area is 88.4 Å². The van der Waals surface area contributed by atoms with Crippen LogP contribution in [0.3, 0.4) is 0 Å². The normalized spacial score (nSPS) is 20.2. The van der Waals surface area contributed by atoms with Gasteiger partial charge >= 0.3 is 10.3 Å². The molecule has 0 amide bonds. The highest BCUT2D eigenvalue weighted by Crippen LogP contribution is 2.22. The van der Waals surface area contributed by atoms with E-state index in [2.05, 4.69) is 0 Å². The van der Waals surface area contributed by atoms with Crippen LogP contribution in [0, 0.1) is 0 Å². The zero-order chi connectivity index (χ0) is 10.6. The average molecular weight is 241 g/mol. The summed E-state index contributed by atoms with van der Waals surface area (Å²) in [6.07, 6.45) is 1.48. The molecule has 0 aromatic carbocycles. The molecule has 0 unspecified atom stereocenters. The molecule has 5 nitrogen and oxygen atoms in total. The minimum atomic E-state index is -4.16. The van der Waals surface area contributed by atoms with E-state index in [1.54, 1.807) is 11.8 Å². The second-order valence-corrected chi connectivity index (χ2v) is 5.75. The van der Waals surface area contributed by atoms with Crippen LogP contribution in [0.2, 0.25) is 0 Å². The van der Waals surface area contributed by atoms with Crippen LogP contribution in [0.1, 0.15) is 12.8 Å². The van der Waals surface area contributed by atoms with E-state index in [9.17, 15) is 8.42 Å². The first kappa shape index (κ1) is 12.3. The van der Waals surface area contributed by atoms with Gasteiger partial charge in [0.1, 0.15) is 0 Å². The Balaban J connectivity index is 2.66. The van der Waals surface area contributed by atoms with Gasteiger partial charge in [-0.15, -0.1) is 0 Å². The molecule has 2 N–H and O–H groups in total. The molecule has 0 bridgehead atoms. The third-order valence-electron chi connectivity index (χ3n) is 2.21. The lowest BCUT2D eigenvalue weighted by atomic mass is 10.1. The minimum absolute atomic E-state index is 0.0197. The first-order valence-electron chi connectivity index (χ1n) is 4.48. The van der Waals surface area contributed by atoms with Crippen LogP contribution in [0.5, 0.6) is 0 Å². The quantitative estimate of drug-likeness (QED) is 0.676. The molecule has 1 fully saturated rings. The van der Waals surface area contributed by atoms with Crippen LogP contribution in [0.15, 0.2) is 0 Å². The Morgan fingerprint density at radius 1 is 1.36 bits per heavy atom. The topological polar surface area (TPSA) is 77.8 Å². The summed E-state index contributed by atoms with van der Waals surface area (Å²) in [5, 5.41) is 8.71. The molecular weight excluding hydrogens is 226 g/mol. The number of hydrogen-bond donors (Lipinski definition) is 2. The SMILES string of the molecule is O=S(=O)(O)N(CCO)C1CCSCC1. The van der Waals surface area contributed by atoms with Gasteiger partial charge in [0.15, 0.2) is 0 Å². The molecular formula is C7H15NO4S2. The van der Waals surface area contributed by atoms with Gasteiger partial charge in [-0.05, 0) is 24.3 Å². The molecule has 1 heterocycles. The summed E-state index contributed by atoms with van der Waals surface area (Å²) in [5.74, 6) is 1.81. The largest absolute Gasteiger partial charge is 0.395 e. The van der Waals surface area contributed by atoms with Crippen LogP contribution in [0.4, 0.5) is 0 Å². The van der Waals surface area contributed by atoms with Crippen molar-refractivity contribution in [2.75, 3.05) is 24.7 Å². The number of aliphatic hydroxyl groups is 1. The van der Waals surface area contributed by atoms with Gasteiger partial charge in [-0.1, -0.05) is 0 Å². The Morgan fingerprint density at radius 2 is 1.93 bits per heavy atom. The number of nitrogens with zero attached hydrogens (tertiary/aromatic N) is 1. The fourth-order valence-corrected chi connectivity index (χ4v) is 3.54. The number of hydrogen-bond acceptors (Lipinski definition) is 4. The predicted molar refractivity (Wildman–Crippen MR) is 55.7 cm³/mol. The van der Waals surface area contributed by atoms with Gasteiger partial charge in [-0.2, -0.15) is 24.5 Å². The lowest BCUT2D eigenvalue weighted by Crippen LogP contribution is -2.43. The average Bonchev–Trinajstić information content (AvgIpc) is 2.14. The standard InChI is InChI=1S/C7H15NO4S2/c9-4-3-8(14(10,11)12)7-1-5-13-6-2-7/h7,9H,1-6H2,(H,10,11,12). The maximum absolute atomic E-state index is 11.0. The molecule has 0 spiro atoms. The molecule has 0 saturated carbocycles. The van der Waals surface area contributed by atoms with Crippen molar-refractivity contribution in [3.05, 3.63) is 0 Å². The van der Waals surface area contributed by atoms with Crippen molar-refractivity contribution >= 4 is 22.1 Å². The van der Waals surface area contributed by atoms with Gasteiger partial charge in [0.05, 0.1) is 6.61 Å². The zero-order valence-corrected chi connectivity index (χ0v) is 9.43. The summed E-state index contributed by atoms with van der Waals surface area (Å²) in [6, 6.07) is -0.154. The highest BCUT2D eigenvalue weighted by Gasteiger charge is 2.28. The van der Waals surface area contributed by atoms with E-state index in [1.807, 2.05) is 0 Å². The van der Waals surface area contributed by atoms with Crippen LogP contribution in [-0.2, 0) is 10.3 Å². The molecule has 7 heteroatoms. The van der Waals surface area contributed by atoms with Crippen molar-refractivity contribution in [1.82, 2.24) is 4.31 Å². The van der Waals surface area contributed by atoms with Gasteiger partial charge in [-0.25, -0.2) is 0 Å². The van der Waals surface area contributed by atoms with Gasteiger partial charge < -0.3 is 5.11 Å². The summed E-state index contributed by atoms with van der Waals surface area (Å²) in [6.45, 7) is -0.280. The molecule has 84 valence electrons. The van der Waals surface area contributed by atoms with Crippen LogP contribution >= 0.6 is 11.8 Å². The Hall–Kier alpha value is 0.180. The van der Waals surface area contributed by atoms with Crippen LogP contribution in [0.25, 0.3) is 0 Å². The highest BCUT2D eigenvalue weighted by molar-refractivity contribution is 7.99. The fraction of sp³-hybridized carbons (Fsp3) is 1.00. The smallest absolute Gasteiger partial charge is 0.336 e. The van der Waals surface area contributed by atoms with Gasteiger partial charge in [0, 0.05) is 12.6 Å². The monoisotopic (exact) mass is 241 g/mol. The minimum Gasteiger partial charge on any atom is -0.395 e. The lowest BCUT2D eigenvalue weighted by Gasteiger charge is -2.30. The summed E-state index contributed by atoms with van der Waals surface area (Å²) in [4.78, 5) is 0. The molecule has 0 atom stereocenters. The lowest BCUT2D eigenvalue weighted by molar-refractivity contribution is 0.206. The van der Waals surface area contributed by atoms with Crippen molar-refractivity contribution in [2.45, 2.75) is 18.9 Å². The van der Waals surface area contributed by atoms with Crippen LogP contribution in [-0.4, -0.2) is 53.1 Å². The molecule has 1 rings (SSSR count). The molecule has 1 aliphatic heterocycles. The number of rotatable bonds is 4. The number of aliphatic hydroxyl groups excluding tert-OH is 1. The van der Waals surface area contributed by atoms with E-state index in [1.165, 1.54) is 0 Å². The third kappa shape index (κ3) is 3.39. The van der Waals surface area contributed by atoms with E-state index in [4.69, 9.17) is 9.66 Å². The molecule has 1 aliphatic rings. The summed E-state index contributed by atoms with van der Waals surface area (Å²) < 4.78 is 31.9. The van der Waals surface area contributed by atoms with Crippen molar-refractivity contribution in [3.63, 3.8) is 0 Å². The van der Waals surface area contributed by atoms with E-state index in [0.717, 1.165) is 28.7 Å². The molecule has 0 aromatic heterocycles. The summed E-state index contributed by atoms with van der Waals surface area (Å²) in [7, 11) is -4.16. The highest BCUT2D eigenvalue weighted by atomic mass is 32.2. The molecule has 0 radical (unpaired) electrons. The fourth-order valence-electron chi connectivity index (χ4n) is 1.56. The molecule has 0 aliphatic carbocycles. The predicted octanol–water partition coefficient (Wildman–Crippen LogP) is -0.0209. The van der Waals surface area contributed by atoms with Crippen molar-refractivity contribution in [2.24, 2.45) is 0 Å². The van der Waals surface area contributed by atoms with Crippen molar-refractivity contribution < 1.29 is 18.1 Å². The van der Waals surface area contributed by atoms with Crippen molar-refractivity contribution in [3.8, 4) is 0 Å². The Kier molecular flexibility index (Phi) is 4.65. The Morgan fingerprint density at radius 3 is 2.36 bits per heavy atom. The second kappa shape index (κ2) is 5.32.